The fourth-order valence-electron chi connectivity index (χ4n) is 4.73. The van der Waals surface area contributed by atoms with Crippen LogP contribution in [0.4, 0.5) is 10.5 Å². The van der Waals surface area contributed by atoms with Crippen LogP contribution in [-0.4, -0.2) is 30.2 Å². The zero-order chi connectivity index (χ0) is 22.2. The minimum absolute atomic E-state index is 0.00325. The average Bonchev–Trinajstić information content (AvgIpc) is 3.39. The van der Waals surface area contributed by atoms with Gasteiger partial charge in [-0.25, -0.2) is 9.59 Å². The second-order valence-corrected chi connectivity index (χ2v) is 8.04. The summed E-state index contributed by atoms with van der Waals surface area (Å²) in [5.41, 5.74) is 13.4. The van der Waals surface area contributed by atoms with Crippen LogP contribution < -0.4 is 5.73 Å². The Morgan fingerprint density at radius 3 is 2.19 bits per heavy atom. The van der Waals surface area contributed by atoms with Crippen LogP contribution in [0, 0.1) is 0 Å². The second kappa shape index (κ2) is 8.04. The van der Waals surface area contributed by atoms with Gasteiger partial charge in [-0.05, 0) is 46.9 Å². The summed E-state index contributed by atoms with van der Waals surface area (Å²) < 4.78 is 10.9. The first kappa shape index (κ1) is 20.1. The minimum Gasteiger partial charge on any atom is -0.462 e. The molecule has 0 radical (unpaired) electrons. The molecule has 162 valence electrons. The van der Waals surface area contributed by atoms with Crippen molar-refractivity contribution in [3.8, 4) is 11.1 Å². The summed E-state index contributed by atoms with van der Waals surface area (Å²) in [5.74, 6) is -0.408. The van der Waals surface area contributed by atoms with Gasteiger partial charge in [-0.1, -0.05) is 48.5 Å². The summed E-state index contributed by atoms with van der Waals surface area (Å²) in [6.07, 6.45) is -0.419. The van der Waals surface area contributed by atoms with Gasteiger partial charge in [-0.2, -0.15) is 0 Å². The van der Waals surface area contributed by atoms with Crippen LogP contribution in [0.1, 0.15) is 45.5 Å². The van der Waals surface area contributed by atoms with E-state index >= 15 is 0 Å². The number of fused-ring (bicyclic) bond motifs is 4. The molecule has 3 aromatic carbocycles. The van der Waals surface area contributed by atoms with Gasteiger partial charge in [0.2, 0.25) is 0 Å². The third kappa shape index (κ3) is 3.28. The van der Waals surface area contributed by atoms with Crippen LogP contribution in [-0.2, 0) is 22.6 Å². The molecule has 0 fully saturated rings. The van der Waals surface area contributed by atoms with Crippen LogP contribution in [0.15, 0.2) is 60.7 Å². The Kier molecular flexibility index (Phi) is 5.05. The van der Waals surface area contributed by atoms with Gasteiger partial charge >= 0.3 is 12.1 Å². The molecular formula is C26H24N2O4. The maximum absolute atomic E-state index is 13.0. The van der Waals surface area contributed by atoms with Crippen molar-refractivity contribution in [1.82, 2.24) is 4.90 Å². The third-order valence-electron chi connectivity index (χ3n) is 6.25. The van der Waals surface area contributed by atoms with E-state index in [0.717, 1.165) is 11.1 Å². The fourth-order valence-corrected chi connectivity index (χ4v) is 4.73. The van der Waals surface area contributed by atoms with E-state index in [1.807, 2.05) is 24.3 Å². The maximum atomic E-state index is 13.0. The lowest BCUT2D eigenvalue weighted by Crippen LogP contribution is -2.28. The highest BCUT2D eigenvalue weighted by Crippen LogP contribution is 2.44. The van der Waals surface area contributed by atoms with E-state index in [2.05, 4.69) is 24.3 Å². The van der Waals surface area contributed by atoms with E-state index in [9.17, 15) is 9.59 Å². The standard InChI is InChI=1S/C26H24N2O4/c1-2-31-25(29)20-11-12-24(27)22-14-28(13-21(20)22)26(30)32-15-23-18-9-5-3-7-16(18)17-8-4-6-10-19(17)23/h3-12,23H,2,13-15,27H2,1H3. The SMILES string of the molecule is CCOC(=O)c1ccc(N)c2c1CN(C(=O)OCC1c3ccccc3-c3ccccc31)C2. The topological polar surface area (TPSA) is 81.9 Å². The zero-order valence-corrected chi connectivity index (χ0v) is 17.8. The molecule has 2 N–H and O–H groups in total. The molecule has 0 saturated heterocycles. The van der Waals surface area contributed by atoms with Crippen LogP contribution in [0.3, 0.4) is 0 Å². The Bertz CT molecular complexity index is 1170. The van der Waals surface area contributed by atoms with Crippen LogP contribution in [0.25, 0.3) is 11.1 Å². The number of nitrogens with two attached hydrogens (primary N) is 1. The van der Waals surface area contributed by atoms with Crippen molar-refractivity contribution >= 4 is 17.7 Å². The molecule has 32 heavy (non-hydrogen) atoms. The molecule has 0 spiro atoms. The lowest BCUT2D eigenvalue weighted by Gasteiger charge is -2.19. The molecule has 6 nitrogen and oxygen atoms in total. The molecule has 1 aliphatic heterocycles. The van der Waals surface area contributed by atoms with Crippen molar-refractivity contribution in [2.24, 2.45) is 0 Å². The highest BCUT2D eigenvalue weighted by molar-refractivity contribution is 5.93. The van der Waals surface area contributed by atoms with Crippen LogP contribution in [0.5, 0.6) is 0 Å². The average molecular weight is 428 g/mol. The molecule has 3 aromatic rings. The smallest absolute Gasteiger partial charge is 0.410 e. The van der Waals surface area contributed by atoms with Gasteiger partial charge in [0.15, 0.2) is 0 Å². The quantitative estimate of drug-likeness (QED) is 0.481. The largest absolute Gasteiger partial charge is 0.462 e. The molecule has 0 atom stereocenters. The van der Waals surface area contributed by atoms with E-state index < -0.39 is 12.1 Å². The van der Waals surface area contributed by atoms with Gasteiger partial charge in [0.1, 0.15) is 6.61 Å². The molecule has 5 rings (SSSR count). The molecule has 0 aromatic heterocycles. The molecule has 2 aliphatic rings. The fraction of sp³-hybridized carbons (Fsp3) is 0.231. The second-order valence-electron chi connectivity index (χ2n) is 8.04. The number of amides is 1. The number of rotatable bonds is 4. The number of hydrogen-bond donors (Lipinski definition) is 1. The number of anilines is 1. The molecule has 0 saturated carbocycles. The van der Waals surface area contributed by atoms with Gasteiger partial charge in [-0.3, -0.25) is 4.90 Å². The molecule has 1 aliphatic carbocycles. The van der Waals surface area contributed by atoms with Crippen LogP contribution in [0.2, 0.25) is 0 Å². The van der Waals surface area contributed by atoms with Crippen molar-refractivity contribution in [2.75, 3.05) is 18.9 Å². The number of ether oxygens (including phenoxy) is 2. The number of hydrogen-bond acceptors (Lipinski definition) is 5. The Hall–Kier alpha value is -3.80. The number of esters is 1. The van der Waals surface area contributed by atoms with Crippen LogP contribution >= 0.6 is 0 Å². The van der Waals surface area contributed by atoms with E-state index in [4.69, 9.17) is 15.2 Å². The van der Waals surface area contributed by atoms with Crippen molar-refractivity contribution < 1.29 is 19.1 Å². The Labute approximate surface area is 186 Å². The molecule has 0 unspecified atom stereocenters. The molecule has 1 heterocycles. The predicted octanol–water partition coefficient (Wildman–Crippen LogP) is 4.71. The lowest BCUT2D eigenvalue weighted by atomic mass is 9.98. The predicted molar refractivity (Wildman–Crippen MR) is 121 cm³/mol. The first-order valence-electron chi connectivity index (χ1n) is 10.8. The van der Waals surface area contributed by atoms with Crippen molar-refractivity contribution in [3.63, 3.8) is 0 Å². The molecule has 0 bridgehead atoms. The number of nitrogen functional groups attached to an aromatic ring is 1. The summed E-state index contributed by atoms with van der Waals surface area (Å²) in [6.45, 7) is 2.88. The van der Waals surface area contributed by atoms with Gasteiger partial charge in [0.25, 0.3) is 0 Å². The summed E-state index contributed by atoms with van der Waals surface area (Å²) in [4.78, 5) is 26.9. The summed E-state index contributed by atoms with van der Waals surface area (Å²) in [5, 5.41) is 0. The summed E-state index contributed by atoms with van der Waals surface area (Å²) in [7, 11) is 0. The number of nitrogens with zero attached hydrogens (tertiary/aromatic N) is 1. The van der Waals surface area contributed by atoms with Gasteiger partial charge in [-0.15, -0.1) is 0 Å². The van der Waals surface area contributed by atoms with E-state index in [1.54, 1.807) is 24.0 Å². The number of carbonyl (C=O) groups excluding carboxylic acids is 2. The minimum atomic E-state index is -0.419. The zero-order valence-electron chi connectivity index (χ0n) is 17.8. The summed E-state index contributed by atoms with van der Waals surface area (Å²) >= 11 is 0. The van der Waals surface area contributed by atoms with E-state index in [-0.39, 0.29) is 25.7 Å². The monoisotopic (exact) mass is 428 g/mol. The molecule has 6 heteroatoms. The molecular weight excluding hydrogens is 404 g/mol. The highest BCUT2D eigenvalue weighted by atomic mass is 16.6. The van der Waals surface area contributed by atoms with Gasteiger partial charge in [0, 0.05) is 17.2 Å². The first-order valence-corrected chi connectivity index (χ1v) is 10.8. The normalized spacial score (nSPS) is 14.0. The van der Waals surface area contributed by atoms with E-state index in [0.29, 0.717) is 17.8 Å². The Morgan fingerprint density at radius 1 is 0.906 bits per heavy atom. The van der Waals surface area contributed by atoms with Crippen molar-refractivity contribution in [1.29, 1.82) is 0 Å². The highest BCUT2D eigenvalue weighted by Gasteiger charge is 2.33. The molecule has 1 amide bonds. The lowest BCUT2D eigenvalue weighted by molar-refractivity contribution is 0.0523. The Balaban J connectivity index is 1.33. The summed E-state index contributed by atoms with van der Waals surface area (Å²) in [6, 6.07) is 19.8. The van der Waals surface area contributed by atoms with Crippen molar-refractivity contribution in [2.45, 2.75) is 25.9 Å². The number of carbonyl (C=O) groups is 2. The van der Waals surface area contributed by atoms with E-state index in [1.165, 1.54) is 22.3 Å². The van der Waals surface area contributed by atoms with Gasteiger partial charge < -0.3 is 15.2 Å². The van der Waals surface area contributed by atoms with Crippen molar-refractivity contribution in [3.05, 3.63) is 88.5 Å². The third-order valence-corrected chi connectivity index (χ3v) is 6.25. The first-order chi connectivity index (χ1) is 15.6. The van der Waals surface area contributed by atoms with Gasteiger partial charge in [0.05, 0.1) is 25.3 Å². The Morgan fingerprint density at radius 2 is 1.53 bits per heavy atom. The number of benzene rings is 3. The maximum Gasteiger partial charge on any atom is 0.410 e.